The monoisotopic (exact) mass is 554 g/mol. The minimum atomic E-state index is -0.309. The molecule has 0 saturated carbocycles. The number of carbonyl (C=O) groups excluding carboxylic acids is 2. The van der Waals surface area contributed by atoms with E-state index in [1.54, 1.807) is 9.80 Å². The summed E-state index contributed by atoms with van der Waals surface area (Å²) in [6.07, 6.45) is 5.07. The summed E-state index contributed by atoms with van der Waals surface area (Å²) in [5.41, 5.74) is 5.77. The summed E-state index contributed by atoms with van der Waals surface area (Å²) in [6, 6.07) is 9.74. The van der Waals surface area contributed by atoms with E-state index < -0.39 is 0 Å². The number of fused-ring (bicyclic) bond motifs is 2. The molecule has 3 heterocycles. The predicted molar refractivity (Wildman–Crippen MR) is 155 cm³/mol. The van der Waals surface area contributed by atoms with Crippen LogP contribution in [0.15, 0.2) is 36.5 Å². The van der Waals surface area contributed by atoms with Crippen LogP contribution in [0.2, 0.25) is 5.02 Å². The Morgan fingerprint density at radius 3 is 2.74 bits per heavy atom. The lowest BCUT2D eigenvalue weighted by Gasteiger charge is -2.39. The van der Waals surface area contributed by atoms with Gasteiger partial charge in [0.25, 0.3) is 5.91 Å². The first-order chi connectivity index (χ1) is 17.9. The van der Waals surface area contributed by atoms with Gasteiger partial charge in [-0.3, -0.25) is 14.8 Å². The van der Waals surface area contributed by atoms with Gasteiger partial charge < -0.3 is 14.5 Å². The second-order valence-corrected chi connectivity index (χ2v) is 10.5. The topological polar surface area (TPSA) is 75.6 Å². The first-order valence-corrected chi connectivity index (χ1v) is 13.5. The summed E-state index contributed by atoms with van der Waals surface area (Å²) >= 11 is 6.87. The SMILES string of the molecule is CCCOC(=O)N1CCN(C(=O)c2ccc3c(Cl)c4c(nc3c2)CC(c2ccnc(C)c2)CC4)C[C@@H]1C.S. The second-order valence-electron chi connectivity index (χ2n) is 10.2. The molecule has 202 valence electrons. The van der Waals surface area contributed by atoms with Crippen LogP contribution in [0.5, 0.6) is 0 Å². The van der Waals surface area contributed by atoms with Gasteiger partial charge in [-0.15, -0.1) is 0 Å². The molecule has 38 heavy (non-hydrogen) atoms. The Bertz CT molecular complexity index is 1350. The number of aromatic nitrogens is 2. The largest absolute Gasteiger partial charge is 0.449 e. The van der Waals surface area contributed by atoms with E-state index in [1.807, 2.05) is 45.2 Å². The average Bonchev–Trinajstić information content (AvgIpc) is 2.90. The van der Waals surface area contributed by atoms with Crippen molar-refractivity contribution in [3.8, 4) is 0 Å². The molecule has 0 radical (unpaired) electrons. The van der Waals surface area contributed by atoms with Crippen LogP contribution in [-0.4, -0.2) is 64.1 Å². The smallest absolute Gasteiger partial charge is 0.410 e. The zero-order chi connectivity index (χ0) is 26.1. The number of ether oxygens (including phenoxy) is 1. The Morgan fingerprint density at radius 2 is 2.00 bits per heavy atom. The van der Waals surface area contributed by atoms with Crippen LogP contribution in [0.25, 0.3) is 10.9 Å². The van der Waals surface area contributed by atoms with Gasteiger partial charge in [-0.05, 0) is 80.8 Å². The lowest BCUT2D eigenvalue weighted by atomic mass is 9.82. The summed E-state index contributed by atoms with van der Waals surface area (Å²) < 4.78 is 5.29. The number of benzene rings is 1. The maximum Gasteiger partial charge on any atom is 0.410 e. The number of hydrogen-bond acceptors (Lipinski definition) is 5. The molecular weight excluding hydrogens is 520 g/mol. The zero-order valence-electron chi connectivity index (χ0n) is 22.2. The van der Waals surface area contributed by atoms with Gasteiger partial charge in [-0.2, -0.15) is 13.5 Å². The second kappa shape index (κ2) is 11.9. The van der Waals surface area contributed by atoms with E-state index >= 15 is 0 Å². The van der Waals surface area contributed by atoms with E-state index in [0.29, 0.717) is 37.7 Å². The van der Waals surface area contributed by atoms with E-state index in [0.717, 1.165) is 58.6 Å². The molecular formula is C29H35ClN4O3S. The molecule has 2 aromatic heterocycles. The number of halogens is 1. The van der Waals surface area contributed by atoms with Gasteiger partial charge >= 0.3 is 6.09 Å². The molecule has 1 aliphatic carbocycles. The Labute approximate surface area is 236 Å². The Hall–Kier alpha value is -2.84. The molecule has 2 atom stereocenters. The first-order valence-electron chi connectivity index (χ1n) is 13.1. The standard InChI is InChI=1S/C29H33ClN4O3.H2S/c1-4-13-37-29(36)34-12-11-33(17-19(34)3)28(35)22-6-8-24-26(16-22)32-25-15-20(5-7-23(25)27(24)30)21-9-10-31-18(2)14-21;/h6,8-10,14,16,19-20H,4-5,7,11-13,15,17H2,1-3H3;1H2/t19-,20?;/m0./s1. The maximum absolute atomic E-state index is 13.4. The van der Waals surface area contributed by atoms with Gasteiger partial charge in [0.05, 0.1) is 17.1 Å². The molecule has 1 fully saturated rings. The Morgan fingerprint density at radius 1 is 1.18 bits per heavy atom. The molecule has 3 aromatic rings. The third-order valence-corrected chi connectivity index (χ3v) is 7.94. The third-order valence-electron chi connectivity index (χ3n) is 7.50. The minimum Gasteiger partial charge on any atom is -0.449 e. The molecule has 9 heteroatoms. The van der Waals surface area contributed by atoms with E-state index in [4.69, 9.17) is 21.3 Å². The van der Waals surface area contributed by atoms with Crippen molar-refractivity contribution in [2.75, 3.05) is 26.2 Å². The first kappa shape index (κ1) is 28.2. The molecule has 0 spiro atoms. The number of hydrogen-bond donors (Lipinski definition) is 0. The molecule has 2 amide bonds. The van der Waals surface area contributed by atoms with Gasteiger partial charge in [0.15, 0.2) is 0 Å². The molecule has 1 unspecified atom stereocenters. The van der Waals surface area contributed by atoms with E-state index in [2.05, 4.69) is 17.1 Å². The highest BCUT2D eigenvalue weighted by Crippen LogP contribution is 2.38. The van der Waals surface area contributed by atoms with Crippen molar-refractivity contribution in [1.82, 2.24) is 19.8 Å². The molecule has 2 aliphatic rings. The van der Waals surface area contributed by atoms with Gasteiger partial charge in [-0.25, -0.2) is 4.79 Å². The van der Waals surface area contributed by atoms with Gasteiger partial charge in [0.2, 0.25) is 0 Å². The average molecular weight is 555 g/mol. The van der Waals surface area contributed by atoms with E-state index in [-0.39, 0.29) is 31.5 Å². The Balaban J connectivity index is 0.00000336. The van der Waals surface area contributed by atoms with Gasteiger partial charge in [0.1, 0.15) is 0 Å². The highest BCUT2D eigenvalue weighted by Gasteiger charge is 2.31. The van der Waals surface area contributed by atoms with Crippen molar-refractivity contribution in [2.45, 2.75) is 58.4 Å². The number of amides is 2. The van der Waals surface area contributed by atoms with Crippen LogP contribution in [0, 0.1) is 6.92 Å². The molecule has 0 N–H and O–H groups in total. The number of nitrogens with zero attached hydrogens (tertiary/aromatic N) is 4. The van der Waals surface area contributed by atoms with Crippen molar-refractivity contribution in [1.29, 1.82) is 0 Å². The van der Waals surface area contributed by atoms with Crippen molar-refractivity contribution in [3.05, 3.63) is 69.6 Å². The molecule has 1 aliphatic heterocycles. The fourth-order valence-electron chi connectivity index (χ4n) is 5.50. The van der Waals surface area contributed by atoms with Crippen molar-refractivity contribution < 1.29 is 14.3 Å². The van der Waals surface area contributed by atoms with Gasteiger partial charge in [0, 0.05) is 54.2 Å². The Kier molecular flexibility index (Phi) is 8.83. The molecule has 7 nitrogen and oxygen atoms in total. The number of rotatable bonds is 4. The van der Waals surface area contributed by atoms with Crippen LogP contribution in [0.1, 0.15) is 65.5 Å². The quantitative estimate of drug-likeness (QED) is 0.415. The summed E-state index contributed by atoms with van der Waals surface area (Å²) in [7, 11) is 0. The van der Waals surface area contributed by atoms with Crippen molar-refractivity contribution in [3.63, 3.8) is 0 Å². The van der Waals surface area contributed by atoms with Crippen LogP contribution in [-0.2, 0) is 17.6 Å². The lowest BCUT2D eigenvalue weighted by Crippen LogP contribution is -2.55. The van der Waals surface area contributed by atoms with Crippen LogP contribution in [0.3, 0.4) is 0 Å². The van der Waals surface area contributed by atoms with Crippen molar-refractivity contribution >= 4 is 48.0 Å². The summed E-state index contributed by atoms with van der Waals surface area (Å²) in [4.78, 5) is 38.6. The normalized spacial score (nSPS) is 19.1. The number of piperazine rings is 1. The summed E-state index contributed by atoms with van der Waals surface area (Å²) in [5.74, 6) is 0.318. The van der Waals surface area contributed by atoms with Crippen LogP contribution >= 0.6 is 25.1 Å². The molecule has 1 saturated heterocycles. The summed E-state index contributed by atoms with van der Waals surface area (Å²) in [5, 5.41) is 1.63. The number of carbonyl (C=O) groups is 2. The number of aryl methyl sites for hydroxylation is 1. The molecule has 0 bridgehead atoms. The lowest BCUT2D eigenvalue weighted by molar-refractivity contribution is 0.0412. The fraction of sp³-hybridized carbons (Fsp3) is 0.448. The third kappa shape index (κ3) is 5.61. The molecule has 1 aromatic carbocycles. The van der Waals surface area contributed by atoms with Crippen LogP contribution in [0.4, 0.5) is 4.79 Å². The highest BCUT2D eigenvalue weighted by molar-refractivity contribution is 7.59. The van der Waals surface area contributed by atoms with Crippen molar-refractivity contribution in [2.24, 2.45) is 0 Å². The predicted octanol–water partition coefficient (Wildman–Crippen LogP) is 5.67. The maximum atomic E-state index is 13.4. The molecule has 5 rings (SSSR count). The van der Waals surface area contributed by atoms with E-state index in [9.17, 15) is 9.59 Å². The summed E-state index contributed by atoms with van der Waals surface area (Å²) in [6.45, 7) is 7.72. The highest BCUT2D eigenvalue weighted by atomic mass is 35.5. The fourth-order valence-corrected chi connectivity index (χ4v) is 5.86. The van der Waals surface area contributed by atoms with Gasteiger partial charge in [-0.1, -0.05) is 24.6 Å². The minimum absolute atomic E-state index is 0. The number of pyridine rings is 2. The van der Waals surface area contributed by atoms with Crippen LogP contribution < -0.4 is 0 Å². The zero-order valence-corrected chi connectivity index (χ0v) is 23.9. The van der Waals surface area contributed by atoms with E-state index in [1.165, 1.54) is 5.56 Å².